The number of hydrogen-bond acceptors (Lipinski definition) is 3. The first-order chi connectivity index (χ1) is 8.99. The van der Waals surface area contributed by atoms with E-state index in [2.05, 4.69) is 5.32 Å². The molecule has 0 spiro atoms. The van der Waals surface area contributed by atoms with Crippen molar-refractivity contribution in [3.63, 3.8) is 0 Å². The molecular weight excluding hydrogens is 285 g/mol. The Morgan fingerprint density at radius 1 is 1.21 bits per heavy atom. The molecule has 19 heavy (non-hydrogen) atoms. The average molecular weight is 295 g/mol. The van der Waals surface area contributed by atoms with Crippen LogP contribution in [0.1, 0.15) is 15.9 Å². The van der Waals surface area contributed by atoms with Crippen molar-refractivity contribution in [1.82, 2.24) is 0 Å². The summed E-state index contributed by atoms with van der Waals surface area (Å²) in [4.78, 5) is 10.8. The van der Waals surface area contributed by atoms with E-state index >= 15 is 0 Å². The second-order valence-electron chi connectivity index (χ2n) is 4.05. The van der Waals surface area contributed by atoms with Crippen LogP contribution >= 0.6 is 23.2 Å². The standard InChI is InChI=1S/C14H11Cl2NO2/c1-8-5-6-11(15)13(12(8)16)17-10-4-2-3-9(7-10)14(18)19/h2-7,17H,1H3,(H,18,19)/p-1. The fraction of sp³-hybridized carbons (Fsp3) is 0.0714. The molecule has 2 aromatic rings. The van der Waals surface area contributed by atoms with Gasteiger partial charge in [-0.2, -0.15) is 0 Å². The average Bonchev–Trinajstić information content (AvgIpc) is 2.39. The first kappa shape index (κ1) is 13.7. The number of nitrogens with one attached hydrogen (secondary N) is 1. The number of benzene rings is 2. The van der Waals surface area contributed by atoms with Gasteiger partial charge in [-0.25, -0.2) is 0 Å². The molecular formula is C14H10Cl2NO2-. The van der Waals surface area contributed by atoms with Gasteiger partial charge in [0, 0.05) is 5.69 Å². The van der Waals surface area contributed by atoms with Crippen LogP contribution in [0.5, 0.6) is 0 Å². The van der Waals surface area contributed by atoms with Gasteiger partial charge in [0.25, 0.3) is 0 Å². The lowest BCUT2D eigenvalue weighted by Gasteiger charge is -2.13. The third-order valence-electron chi connectivity index (χ3n) is 2.65. The number of rotatable bonds is 3. The Balaban J connectivity index is 2.39. The van der Waals surface area contributed by atoms with Crippen LogP contribution in [0.4, 0.5) is 11.4 Å². The van der Waals surface area contributed by atoms with Gasteiger partial charge in [-0.1, -0.05) is 41.4 Å². The zero-order valence-electron chi connectivity index (χ0n) is 10.0. The monoisotopic (exact) mass is 294 g/mol. The van der Waals surface area contributed by atoms with Crippen LogP contribution in [0.15, 0.2) is 36.4 Å². The molecule has 0 bridgehead atoms. The molecule has 0 aliphatic carbocycles. The summed E-state index contributed by atoms with van der Waals surface area (Å²) >= 11 is 12.3. The molecule has 0 radical (unpaired) electrons. The van der Waals surface area contributed by atoms with Crippen LogP contribution in [0.25, 0.3) is 0 Å². The summed E-state index contributed by atoms with van der Waals surface area (Å²) in [6.07, 6.45) is 0. The Labute approximate surface area is 120 Å². The number of halogens is 2. The first-order valence-corrected chi connectivity index (χ1v) is 6.27. The molecule has 0 atom stereocenters. The third kappa shape index (κ3) is 3.00. The van der Waals surface area contributed by atoms with E-state index in [0.717, 1.165) is 5.56 Å². The number of carbonyl (C=O) groups is 1. The van der Waals surface area contributed by atoms with Crippen molar-refractivity contribution >= 4 is 40.5 Å². The molecule has 2 rings (SSSR count). The summed E-state index contributed by atoms with van der Waals surface area (Å²) in [6.45, 7) is 1.86. The largest absolute Gasteiger partial charge is 0.545 e. The van der Waals surface area contributed by atoms with Gasteiger partial charge in [0.05, 0.1) is 21.7 Å². The van der Waals surface area contributed by atoms with Gasteiger partial charge in [0.15, 0.2) is 0 Å². The zero-order valence-corrected chi connectivity index (χ0v) is 11.5. The van der Waals surface area contributed by atoms with E-state index in [-0.39, 0.29) is 5.56 Å². The van der Waals surface area contributed by atoms with Gasteiger partial charge in [0.1, 0.15) is 0 Å². The molecule has 0 heterocycles. The normalized spacial score (nSPS) is 10.3. The Morgan fingerprint density at radius 2 is 1.95 bits per heavy atom. The Bertz CT molecular complexity index is 641. The fourth-order valence-electron chi connectivity index (χ4n) is 1.64. The molecule has 0 saturated carbocycles. The van der Waals surface area contributed by atoms with Crippen LogP contribution in [0.2, 0.25) is 10.0 Å². The summed E-state index contributed by atoms with van der Waals surface area (Å²) in [6, 6.07) is 9.80. The molecule has 0 aliphatic heterocycles. The van der Waals surface area contributed by atoms with Crippen molar-refractivity contribution in [1.29, 1.82) is 0 Å². The van der Waals surface area contributed by atoms with Crippen LogP contribution in [-0.2, 0) is 0 Å². The zero-order chi connectivity index (χ0) is 14.0. The minimum Gasteiger partial charge on any atom is -0.545 e. The molecule has 5 heteroatoms. The lowest BCUT2D eigenvalue weighted by molar-refractivity contribution is -0.255. The SMILES string of the molecule is Cc1ccc(Cl)c(Nc2cccc(C(=O)[O-])c2)c1Cl. The molecule has 3 nitrogen and oxygen atoms in total. The number of carbonyl (C=O) groups excluding carboxylic acids is 1. The Morgan fingerprint density at radius 3 is 2.63 bits per heavy atom. The number of hydrogen-bond donors (Lipinski definition) is 1. The summed E-state index contributed by atoms with van der Waals surface area (Å²) in [5.41, 5.74) is 2.10. The lowest BCUT2D eigenvalue weighted by Crippen LogP contribution is -2.22. The smallest absolute Gasteiger partial charge is 0.0765 e. The van der Waals surface area contributed by atoms with Gasteiger partial charge >= 0.3 is 0 Å². The predicted octanol–water partition coefficient (Wildman–Crippen LogP) is 3.41. The summed E-state index contributed by atoms with van der Waals surface area (Å²) in [5, 5.41) is 14.8. The van der Waals surface area contributed by atoms with E-state index in [1.54, 1.807) is 18.2 Å². The van der Waals surface area contributed by atoms with Gasteiger partial charge in [0.2, 0.25) is 0 Å². The van der Waals surface area contributed by atoms with E-state index in [9.17, 15) is 9.90 Å². The molecule has 0 aromatic heterocycles. The van der Waals surface area contributed by atoms with Crippen LogP contribution in [0.3, 0.4) is 0 Å². The topological polar surface area (TPSA) is 52.2 Å². The highest BCUT2D eigenvalue weighted by Gasteiger charge is 2.09. The molecule has 0 aliphatic rings. The molecule has 0 unspecified atom stereocenters. The lowest BCUT2D eigenvalue weighted by atomic mass is 10.2. The van der Waals surface area contributed by atoms with Gasteiger partial charge in [-0.3, -0.25) is 0 Å². The Kier molecular flexibility index (Phi) is 3.98. The number of anilines is 2. The maximum Gasteiger partial charge on any atom is 0.0765 e. The van der Waals surface area contributed by atoms with Crippen LogP contribution < -0.4 is 10.4 Å². The summed E-state index contributed by atoms with van der Waals surface area (Å²) in [7, 11) is 0. The van der Waals surface area contributed by atoms with Gasteiger partial charge in [-0.05, 0) is 36.2 Å². The second-order valence-corrected chi connectivity index (χ2v) is 4.83. The van der Waals surface area contributed by atoms with E-state index in [1.165, 1.54) is 12.1 Å². The first-order valence-electron chi connectivity index (χ1n) is 5.52. The molecule has 98 valence electrons. The second kappa shape index (κ2) is 5.51. The maximum absolute atomic E-state index is 10.8. The van der Waals surface area contributed by atoms with E-state index < -0.39 is 5.97 Å². The van der Waals surface area contributed by atoms with Crippen LogP contribution in [0, 0.1) is 6.92 Å². The Hall–Kier alpha value is -1.71. The van der Waals surface area contributed by atoms with E-state index in [4.69, 9.17) is 23.2 Å². The predicted molar refractivity (Wildman–Crippen MR) is 75.3 cm³/mol. The van der Waals surface area contributed by atoms with E-state index in [0.29, 0.717) is 21.4 Å². The minimum absolute atomic E-state index is 0.0879. The van der Waals surface area contributed by atoms with Crippen molar-refractivity contribution in [3.05, 3.63) is 57.6 Å². The number of aryl methyl sites for hydroxylation is 1. The number of carboxylic acids is 1. The van der Waals surface area contributed by atoms with Gasteiger partial charge < -0.3 is 15.2 Å². The van der Waals surface area contributed by atoms with Crippen molar-refractivity contribution in [2.24, 2.45) is 0 Å². The highest BCUT2D eigenvalue weighted by Crippen LogP contribution is 2.35. The molecule has 1 N–H and O–H groups in total. The van der Waals surface area contributed by atoms with Crippen molar-refractivity contribution < 1.29 is 9.90 Å². The summed E-state index contributed by atoms with van der Waals surface area (Å²) in [5.74, 6) is -1.23. The van der Waals surface area contributed by atoms with Crippen molar-refractivity contribution in [2.45, 2.75) is 6.92 Å². The highest BCUT2D eigenvalue weighted by molar-refractivity contribution is 6.39. The quantitative estimate of drug-likeness (QED) is 0.944. The molecule has 0 amide bonds. The summed E-state index contributed by atoms with van der Waals surface area (Å²) < 4.78 is 0. The number of carboxylic acid groups (broad SMARTS) is 1. The van der Waals surface area contributed by atoms with Crippen molar-refractivity contribution in [3.8, 4) is 0 Å². The third-order valence-corrected chi connectivity index (χ3v) is 3.45. The van der Waals surface area contributed by atoms with Crippen LogP contribution in [-0.4, -0.2) is 5.97 Å². The fourth-order valence-corrected chi connectivity index (χ4v) is 2.10. The molecule has 2 aromatic carbocycles. The van der Waals surface area contributed by atoms with E-state index in [1.807, 2.05) is 13.0 Å². The number of aromatic carboxylic acids is 1. The molecule has 0 fully saturated rings. The maximum atomic E-state index is 10.8. The van der Waals surface area contributed by atoms with Gasteiger partial charge in [-0.15, -0.1) is 0 Å². The minimum atomic E-state index is -1.23. The highest BCUT2D eigenvalue weighted by atomic mass is 35.5. The molecule has 0 saturated heterocycles. The van der Waals surface area contributed by atoms with Crippen molar-refractivity contribution in [2.75, 3.05) is 5.32 Å².